The molecule has 0 aromatic heterocycles. The van der Waals surface area contributed by atoms with Gasteiger partial charge in [-0.1, -0.05) is 6.42 Å². The van der Waals surface area contributed by atoms with Gasteiger partial charge in [0.05, 0.1) is 6.10 Å². The number of methoxy groups -OCH3 is 1. The molecule has 0 aromatic carbocycles. The molecule has 118 valence electrons. The molecule has 20 heavy (non-hydrogen) atoms. The Morgan fingerprint density at radius 1 is 1.25 bits per heavy atom. The van der Waals surface area contributed by atoms with Crippen molar-refractivity contribution in [2.75, 3.05) is 27.2 Å². The van der Waals surface area contributed by atoms with E-state index in [0.29, 0.717) is 13.1 Å². The first kappa shape index (κ1) is 16.2. The summed E-state index contributed by atoms with van der Waals surface area (Å²) in [5.74, 6) is 0. The van der Waals surface area contributed by atoms with Gasteiger partial charge >= 0.3 is 0 Å². The third-order valence-electron chi connectivity index (χ3n) is 4.36. The van der Waals surface area contributed by atoms with Gasteiger partial charge in [0, 0.05) is 32.3 Å². The molecule has 0 radical (unpaired) electrons. The van der Waals surface area contributed by atoms with Gasteiger partial charge in [-0.15, -0.1) is 0 Å². The van der Waals surface area contributed by atoms with E-state index < -0.39 is 10.2 Å². The molecule has 0 bridgehead atoms. The van der Waals surface area contributed by atoms with E-state index in [-0.39, 0.29) is 18.2 Å². The van der Waals surface area contributed by atoms with Crippen LogP contribution in [-0.2, 0) is 14.9 Å². The van der Waals surface area contributed by atoms with Gasteiger partial charge in [-0.25, -0.2) is 0 Å². The summed E-state index contributed by atoms with van der Waals surface area (Å²) in [7, 11) is 0.176. The van der Waals surface area contributed by atoms with E-state index in [0.717, 1.165) is 38.5 Å². The predicted molar refractivity (Wildman–Crippen MR) is 78.8 cm³/mol. The fourth-order valence-electron chi connectivity index (χ4n) is 3.27. The number of hydrogen-bond donors (Lipinski definition) is 2. The Balaban J connectivity index is 1.97. The third kappa shape index (κ3) is 3.92. The summed E-state index contributed by atoms with van der Waals surface area (Å²) in [6.45, 7) is 1.34. The van der Waals surface area contributed by atoms with Crippen LogP contribution < -0.4 is 10.0 Å². The zero-order valence-corrected chi connectivity index (χ0v) is 13.3. The molecule has 1 aliphatic heterocycles. The van der Waals surface area contributed by atoms with Crippen LogP contribution in [0, 0.1) is 0 Å². The first-order chi connectivity index (χ1) is 9.56. The summed E-state index contributed by atoms with van der Waals surface area (Å²) in [5.41, 5.74) is 0. The van der Waals surface area contributed by atoms with E-state index in [1.54, 1.807) is 11.4 Å². The zero-order valence-electron chi connectivity index (χ0n) is 12.5. The van der Waals surface area contributed by atoms with E-state index in [2.05, 4.69) is 10.0 Å². The first-order valence-electron chi connectivity index (χ1n) is 7.53. The maximum absolute atomic E-state index is 12.6. The third-order valence-corrected chi connectivity index (χ3v) is 6.08. The Hall–Kier alpha value is -0.210. The average molecular weight is 305 g/mol. The molecule has 2 fully saturated rings. The van der Waals surface area contributed by atoms with Crippen molar-refractivity contribution in [1.29, 1.82) is 0 Å². The molecule has 2 aliphatic rings. The minimum atomic E-state index is -3.38. The van der Waals surface area contributed by atoms with Crippen molar-refractivity contribution in [3.8, 4) is 0 Å². The minimum absolute atomic E-state index is 0.0158. The summed E-state index contributed by atoms with van der Waals surface area (Å²) in [5, 5.41) is 3.10. The fourth-order valence-corrected chi connectivity index (χ4v) is 4.98. The molecule has 2 rings (SSSR count). The highest BCUT2D eigenvalue weighted by Crippen LogP contribution is 2.24. The number of piperidine rings is 1. The van der Waals surface area contributed by atoms with Crippen molar-refractivity contribution < 1.29 is 13.2 Å². The molecule has 3 unspecified atom stereocenters. The molecule has 1 saturated heterocycles. The Bertz CT molecular complexity index is 400. The van der Waals surface area contributed by atoms with Crippen molar-refractivity contribution in [3.63, 3.8) is 0 Å². The lowest BCUT2D eigenvalue weighted by molar-refractivity contribution is 0.107. The molecule has 7 heteroatoms. The van der Waals surface area contributed by atoms with Gasteiger partial charge < -0.3 is 10.1 Å². The molecule has 6 nitrogen and oxygen atoms in total. The highest BCUT2D eigenvalue weighted by Gasteiger charge is 2.35. The second kappa shape index (κ2) is 7.17. The van der Waals surface area contributed by atoms with Crippen LogP contribution >= 0.6 is 0 Å². The highest BCUT2D eigenvalue weighted by atomic mass is 32.2. The fraction of sp³-hybridized carbons (Fsp3) is 1.00. The van der Waals surface area contributed by atoms with Crippen molar-refractivity contribution >= 4 is 10.2 Å². The summed E-state index contributed by atoms with van der Waals surface area (Å²) < 4.78 is 35.0. The Morgan fingerprint density at radius 3 is 2.70 bits per heavy atom. The lowest BCUT2D eigenvalue weighted by Crippen LogP contribution is -2.53. The van der Waals surface area contributed by atoms with E-state index in [1.165, 1.54) is 0 Å². The Kier molecular flexibility index (Phi) is 5.80. The molecule has 0 amide bonds. The van der Waals surface area contributed by atoms with Gasteiger partial charge in [0.1, 0.15) is 0 Å². The first-order valence-corrected chi connectivity index (χ1v) is 8.97. The second-order valence-electron chi connectivity index (χ2n) is 5.81. The van der Waals surface area contributed by atoms with E-state index in [1.807, 2.05) is 7.05 Å². The van der Waals surface area contributed by atoms with E-state index in [4.69, 9.17) is 4.74 Å². The SMILES string of the molecule is CNCC1CCCCN1S(=O)(=O)NC1CCC(OC)C1. The maximum Gasteiger partial charge on any atom is 0.279 e. The van der Waals surface area contributed by atoms with Gasteiger partial charge in [-0.3, -0.25) is 0 Å². The average Bonchev–Trinajstić information content (AvgIpc) is 2.86. The van der Waals surface area contributed by atoms with Gasteiger partial charge in [-0.2, -0.15) is 17.4 Å². The standard InChI is InChI=1S/C13H27N3O3S/c1-14-10-12-5-3-4-8-16(12)20(17,18)15-11-6-7-13(9-11)19-2/h11-15H,3-10H2,1-2H3. The molecule has 1 saturated carbocycles. The minimum Gasteiger partial charge on any atom is -0.381 e. The van der Waals surface area contributed by atoms with Crippen LogP contribution in [0.2, 0.25) is 0 Å². The van der Waals surface area contributed by atoms with Crippen molar-refractivity contribution in [2.24, 2.45) is 0 Å². The number of ether oxygens (including phenoxy) is 1. The number of nitrogens with one attached hydrogen (secondary N) is 2. The van der Waals surface area contributed by atoms with Crippen LogP contribution in [0.5, 0.6) is 0 Å². The molecular weight excluding hydrogens is 278 g/mol. The van der Waals surface area contributed by atoms with Crippen LogP contribution in [-0.4, -0.2) is 58.2 Å². The summed E-state index contributed by atoms with van der Waals surface area (Å²) in [4.78, 5) is 0. The summed E-state index contributed by atoms with van der Waals surface area (Å²) in [6.07, 6.45) is 5.76. The van der Waals surface area contributed by atoms with Crippen LogP contribution in [0.25, 0.3) is 0 Å². The van der Waals surface area contributed by atoms with Crippen molar-refractivity contribution in [2.45, 2.75) is 56.7 Å². The molecule has 1 heterocycles. The molecule has 0 aromatic rings. The monoisotopic (exact) mass is 305 g/mol. The van der Waals surface area contributed by atoms with Crippen LogP contribution in [0.4, 0.5) is 0 Å². The Morgan fingerprint density at radius 2 is 2.05 bits per heavy atom. The van der Waals surface area contributed by atoms with Crippen LogP contribution in [0.1, 0.15) is 38.5 Å². The molecule has 2 N–H and O–H groups in total. The number of nitrogens with zero attached hydrogens (tertiary/aromatic N) is 1. The van der Waals surface area contributed by atoms with Gasteiger partial charge in [0.15, 0.2) is 0 Å². The lowest BCUT2D eigenvalue weighted by atomic mass is 10.1. The predicted octanol–water partition coefficient (Wildman–Crippen LogP) is 0.462. The van der Waals surface area contributed by atoms with Crippen molar-refractivity contribution in [1.82, 2.24) is 14.3 Å². The highest BCUT2D eigenvalue weighted by molar-refractivity contribution is 7.87. The van der Waals surface area contributed by atoms with Crippen LogP contribution in [0.15, 0.2) is 0 Å². The smallest absolute Gasteiger partial charge is 0.279 e. The molecule has 3 atom stereocenters. The van der Waals surface area contributed by atoms with Crippen molar-refractivity contribution in [3.05, 3.63) is 0 Å². The van der Waals surface area contributed by atoms with Gasteiger partial charge in [0.2, 0.25) is 0 Å². The van der Waals surface area contributed by atoms with Crippen LogP contribution in [0.3, 0.4) is 0 Å². The molecule has 1 aliphatic carbocycles. The molecular formula is C13H27N3O3S. The number of rotatable bonds is 6. The maximum atomic E-state index is 12.6. The van der Waals surface area contributed by atoms with Gasteiger partial charge in [0.25, 0.3) is 10.2 Å². The number of hydrogen-bond acceptors (Lipinski definition) is 4. The number of likely N-dealkylation sites (N-methyl/N-ethyl adjacent to an activating group) is 1. The zero-order chi connectivity index (χ0) is 14.6. The van der Waals surface area contributed by atoms with E-state index >= 15 is 0 Å². The topological polar surface area (TPSA) is 70.7 Å². The quantitative estimate of drug-likeness (QED) is 0.748. The lowest BCUT2D eigenvalue weighted by Gasteiger charge is -2.35. The second-order valence-corrected chi connectivity index (χ2v) is 7.46. The van der Waals surface area contributed by atoms with E-state index in [9.17, 15) is 8.42 Å². The summed E-state index contributed by atoms with van der Waals surface area (Å²) >= 11 is 0. The molecule has 0 spiro atoms. The van der Waals surface area contributed by atoms with Gasteiger partial charge in [-0.05, 0) is 39.2 Å². The summed E-state index contributed by atoms with van der Waals surface area (Å²) in [6, 6.07) is 0.0907. The normalized spacial score (nSPS) is 32.6. The Labute approximate surface area is 122 Å². The largest absolute Gasteiger partial charge is 0.381 e.